The second-order valence-corrected chi connectivity index (χ2v) is 7.35. The molecule has 36 heavy (non-hydrogen) atoms. The lowest BCUT2D eigenvalue weighted by Gasteiger charge is -2.28. The molecule has 1 aliphatic heterocycles. The van der Waals surface area contributed by atoms with E-state index < -0.39 is 35.1 Å². The number of furan rings is 1. The summed E-state index contributed by atoms with van der Waals surface area (Å²) in [5.74, 6) is -0.282. The maximum Gasteiger partial charge on any atom is 0.433 e. The molecular formula is C22H25N5O9. The second kappa shape index (κ2) is 11.7. The topological polar surface area (TPSA) is 187 Å². The van der Waals surface area contributed by atoms with Gasteiger partial charge in [-0.25, -0.2) is 9.59 Å². The van der Waals surface area contributed by atoms with Crippen molar-refractivity contribution in [1.82, 2.24) is 16.1 Å². The Kier molecular flexibility index (Phi) is 8.46. The number of esters is 1. The van der Waals surface area contributed by atoms with Crippen molar-refractivity contribution in [2.75, 3.05) is 20.3 Å². The first kappa shape index (κ1) is 26.0. The summed E-state index contributed by atoms with van der Waals surface area (Å²) < 4.78 is 21.1. The quantitative estimate of drug-likeness (QED) is 0.116. The number of hydrogen-bond donors (Lipinski definition) is 4. The van der Waals surface area contributed by atoms with Crippen molar-refractivity contribution in [2.45, 2.75) is 26.1 Å². The number of allylic oxidation sites excluding steroid dienone is 1. The van der Waals surface area contributed by atoms with E-state index in [-0.39, 0.29) is 17.9 Å². The minimum absolute atomic E-state index is 0.122. The molecule has 3 rings (SSSR count). The molecule has 0 unspecified atom stereocenters. The molecule has 0 fully saturated rings. The van der Waals surface area contributed by atoms with E-state index in [0.717, 1.165) is 0 Å². The van der Waals surface area contributed by atoms with Crippen molar-refractivity contribution in [3.63, 3.8) is 0 Å². The van der Waals surface area contributed by atoms with Crippen LogP contribution in [0.15, 0.2) is 51.1 Å². The number of nitrogens with one attached hydrogen (secondary N) is 3. The van der Waals surface area contributed by atoms with E-state index in [1.807, 2.05) is 0 Å². The van der Waals surface area contributed by atoms with Gasteiger partial charge in [-0.05, 0) is 37.6 Å². The minimum Gasteiger partial charge on any atom is -0.490 e. The Bertz CT molecular complexity index is 1190. The summed E-state index contributed by atoms with van der Waals surface area (Å²) in [6, 6.07) is 6.13. The van der Waals surface area contributed by atoms with Gasteiger partial charge in [0.2, 0.25) is 0 Å². The van der Waals surface area contributed by atoms with E-state index in [4.69, 9.17) is 18.6 Å². The van der Waals surface area contributed by atoms with Crippen LogP contribution in [0.1, 0.15) is 31.2 Å². The summed E-state index contributed by atoms with van der Waals surface area (Å²) in [4.78, 5) is 34.3. The van der Waals surface area contributed by atoms with E-state index in [2.05, 4.69) is 21.2 Å². The Hall–Kier alpha value is -4.59. The number of nitrogens with zero attached hydrogens (tertiary/aromatic N) is 2. The molecule has 1 aromatic heterocycles. The molecule has 0 spiro atoms. The highest BCUT2D eigenvalue weighted by Gasteiger charge is 2.32. The zero-order valence-corrected chi connectivity index (χ0v) is 19.6. The summed E-state index contributed by atoms with van der Waals surface area (Å²) in [5.41, 5.74) is 3.57. The highest BCUT2D eigenvalue weighted by Crippen LogP contribution is 2.34. The van der Waals surface area contributed by atoms with Gasteiger partial charge in [-0.1, -0.05) is 6.07 Å². The molecule has 1 aromatic carbocycles. The first-order valence-electron chi connectivity index (χ1n) is 10.7. The molecule has 0 saturated carbocycles. The average Bonchev–Trinajstić information content (AvgIpc) is 3.32. The predicted molar refractivity (Wildman–Crippen MR) is 124 cm³/mol. The number of hydrazone groups is 1. The van der Waals surface area contributed by atoms with Gasteiger partial charge in [0.05, 0.1) is 37.6 Å². The Morgan fingerprint density at radius 1 is 1.33 bits per heavy atom. The van der Waals surface area contributed by atoms with Crippen LogP contribution in [-0.4, -0.2) is 54.8 Å². The molecule has 2 heterocycles. The summed E-state index contributed by atoms with van der Waals surface area (Å²) in [7, 11) is 1.25. The number of carbonyl (C=O) groups excluding carboxylic acids is 2. The van der Waals surface area contributed by atoms with Crippen molar-refractivity contribution in [3.05, 3.63) is 63.0 Å². The van der Waals surface area contributed by atoms with Crippen LogP contribution < -0.4 is 25.5 Å². The first-order chi connectivity index (χ1) is 17.2. The third-order valence-electron chi connectivity index (χ3n) is 4.88. The maximum absolute atomic E-state index is 12.3. The van der Waals surface area contributed by atoms with Crippen LogP contribution in [0.2, 0.25) is 0 Å². The van der Waals surface area contributed by atoms with Gasteiger partial charge in [-0.15, -0.1) is 0 Å². The van der Waals surface area contributed by atoms with Gasteiger partial charge in [0.25, 0.3) is 0 Å². The van der Waals surface area contributed by atoms with E-state index in [9.17, 15) is 24.8 Å². The molecule has 1 aliphatic rings. The Morgan fingerprint density at radius 3 is 2.78 bits per heavy atom. The summed E-state index contributed by atoms with van der Waals surface area (Å²) in [6.45, 7) is 3.45. The molecule has 2 amide bonds. The average molecular weight is 503 g/mol. The van der Waals surface area contributed by atoms with Crippen molar-refractivity contribution in [3.8, 4) is 11.5 Å². The minimum atomic E-state index is -1.24. The SMILES string of the molecule is CCOc1cc([C@@H]2NC(=O)NC(C)=C2C(=O)OC)ccc1OC[C@@H](O)N/N=C\c1ccc([N+](=O)[O-])o1. The highest BCUT2D eigenvalue weighted by molar-refractivity contribution is 5.95. The fourth-order valence-corrected chi connectivity index (χ4v) is 3.32. The molecule has 2 atom stereocenters. The fourth-order valence-electron chi connectivity index (χ4n) is 3.32. The van der Waals surface area contributed by atoms with Gasteiger partial charge in [-0.2, -0.15) is 5.10 Å². The van der Waals surface area contributed by atoms with Gasteiger partial charge in [-0.3, -0.25) is 15.5 Å². The van der Waals surface area contributed by atoms with E-state index >= 15 is 0 Å². The zero-order chi connectivity index (χ0) is 26.2. The molecular weight excluding hydrogens is 478 g/mol. The van der Waals surface area contributed by atoms with E-state index in [1.165, 1.54) is 25.5 Å². The highest BCUT2D eigenvalue weighted by atomic mass is 16.6. The number of methoxy groups -OCH3 is 1. The van der Waals surface area contributed by atoms with Crippen molar-refractivity contribution < 1.29 is 38.2 Å². The molecule has 14 heteroatoms. The number of rotatable bonds is 11. The molecule has 0 radical (unpaired) electrons. The number of amides is 2. The van der Waals surface area contributed by atoms with Crippen LogP contribution in [0.25, 0.3) is 0 Å². The lowest BCUT2D eigenvalue weighted by molar-refractivity contribution is -0.402. The largest absolute Gasteiger partial charge is 0.490 e. The van der Waals surface area contributed by atoms with Crippen LogP contribution in [0, 0.1) is 10.1 Å². The number of nitro groups is 1. The van der Waals surface area contributed by atoms with Crippen LogP contribution in [-0.2, 0) is 9.53 Å². The Labute approximate surface area is 205 Å². The maximum atomic E-state index is 12.3. The molecule has 0 aliphatic carbocycles. The van der Waals surface area contributed by atoms with Gasteiger partial charge >= 0.3 is 17.9 Å². The van der Waals surface area contributed by atoms with Gasteiger partial charge in [0.15, 0.2) is 23.5 Å². The third kappa shape index (κ3) is 6.29. The number of aliphatic hydroxyl groups excluding tert-OH is 1. The molecule has 4 N–H and O–H groups in total. The van der Waals surface area contributed by atoms with Gasteiger partial charge in [0, 0.05) is 5.70 Å². The first-order valence-corrected chi connectivity index (χ1v) is 10.7. The summed E-state index contributed by atoms with van der Waals surface area (Å²) >= 11 is 0. The van der Waals surface area contributed by atoms with Gasteiger partial charge < -0.3 is 34.4 Å². The Balaban J connectivity index is 1.69. The monoisotopic (exact) mass is 503 g/mol. The normalized spacial score (nSPS) is 16.2. The number of urea groups is 1. The Morgan fingerprint density at radius 2 is 2.11 bits per heavy atom. The number of carbonyl (C=O) groups is 2. The second-order valence-electron chi connectivity index (χ2n) is 7.35. The smallest absolute Gasteiger partial charge is 0.433 e. The van der Waals surface area contributed by atoms with Crippen LogP contribution in [0.4, 0.5) is 10.7 Å². The third-order valence-corrected chi connectivity index (χ3v) is 4.88. The summed E-state index contributed by atoms with van der Waals surface area (Å²) in [6.07, 6.45) is -0.0705. The van der Waals surface area contributed by atoms with Crippen LogP contribution in [0.3, 0.4) is 0 Å². The van der Waals surface area contributed by atoms with Crippen molar-refractivity contribution in [2.24, 2.45) is 5.10 Å². The lowest BCUT2D eigenvalue weighted by Crippen LogP contribution is -2.45. The fraction of sp³-hybridized carbons (Fsp3) is 0.318. The standard InChI is InChI=1S/C22H25N5O9/c1-4-34-16-9-13(20-19(21(29)33-3)12(2)24-22(30)25-20)5-7-15(16)35-11-17(28)26-23-10-14-6-8-18(36-14)27(31)32/h5-10,17,20,26,28H,4,11H2,1-3H3,(H2,24,25,30)/b23-10-/t17-,20+/m1/s1. The van der Waals surface area contributed by atoms with Crippen molar-refractivity contribution >= 4 is 24.1 Å². The predicted octanol–water partition coefficient (Wildman–Crippen LogP) is 1.71. The van der Waals surface area contributed by atoms with Gasteiger partial charge in [0.1, 0.15) is 11.5 Å². The molecule has 2 aromatic rings. The number of ether oxygens (including phenoxy) is 3. The lowest BCUT2D eigenvalue weighted by atomic mass is 9.95. The number of benzene rings is 1. The van der Waals surface area contributed by atoms with E-state index in [1.54, 1.807) is 32.0 Å². The molecule has 192 valence electrons. The van der Waals surface area contributed by atoms with Crippen molar-refractivity contribution in [1.29, 1.82) is 0 Å². The number of aliphatic hydroxyl groups is 1. The van der Waals surface area contributed by atoms with Crippen LogP contribution in [0.5, 0.6) is 11.5 Å². The summed E-state index contributed by atoms with van der Waals surface area (Å²) in [5, 5.41) is 29.7. The molecule has 0 bridgehead atoms. The van der Waals surface area contributed by atoms with E-state index in [0.29, 0.717) is 29.4 Å². The van der Waals surface area contributed by atoms with Crippen LogP contribution >= 0.6 is 0 Å². The molecule has 14 nitrogen and oxygen atoms in total. The zero-order valence-electron chi connectivity index (χ0n) is 19.6. The molecule has 0 saturated heterocycles. The number of hydrogen-bond acceptors (Lipinski definition) is 11.